The van der Waals surface area contributed by atoms with E-state index >= 15 is 0 Å². The second-order valence-corrected chi connectivity index (χ2v) is 5.40. The number of fused-ring (bicyclic) bond motifs is 1. The summed E-state index contributed by atoms with van der Waals surface area (Å²) in [6, 6.07) is 11.0. The van der Waals surface area contributed by atoms with Crippen LogP contribution in [0.15, 0.2) is 48.8 Å². The van der Waals surface area contributed by atoms with Gasteiger partial charge in [0, 0.05) is 17.4 Å². The largest absolute Gasteiger partial charge is 0.405 e. The van der Waals surface area contributed by atoms with Crippen LogP contribution in [0.4, 0.5) is 23.7 Å². The van der Waals surface area contributed by atoms with Gasteiger partial charge in [-0.05, 0) is 24.3 Å². The number of alkyl halides is 3. The molecule has 0 bridgehead atoms. The number of hydrogen-bond acceptors (Lipinski definition) is 3. The number of rotatable bonds is 3. The van der Waals surface area contributed by atoms with Gasteiger partial charge in [0.15, 0.2) is 0 Å². The Balaban J connectivity index is 1.82. The summed E-state index contributed by atoms with van der Waals surface area (Å²) in [7, 11) is 0. The molecule has 132 valence electrons. The van der Waals surface area contributed by atoms with E-state index in [1.54, 1.807) is 58.5 Å². The van der Waals surface area contributed by atoms with E-state index in [9.17, 15) is 18.0 Å². The van der Waals surface area contributed by atoms with Crippen molar-refractivity contribution in [2.75, 3.05) is 11.9 Å². The minimum Gasteiger partial charge on any atom is -0.329 e. The van der Waals surface area contributed by atoms with Crippen LogP contribution in [0.2, 0.25) is 0 Å². The van der Waals surface area contributed by atoms with Crippen molar-refractivity contribution >= 4 is 17.4 Å². The third-order valence-electron chi connectivity index (χ3n) is 3.51. The summed E-state index contributed by atoms with van der Waals surface area (Å²) in [5.74, 6) is 0. The normalized spacial score (nSPS) is 11.2. The predicted octanol–water partition coefficient (Wildman–Crippen LogP) is 3.56. The van der Waals surface area contributed by atoms with Crippen molar-refractivity contribution in [1.29, 1.82) is 5.26 Å². The lowest BCUT2D eigenvalue weighted by Crippen LogP contribution is -2.36. The van der Waals surface area contributed by atoms with Crippen LogP contribution in [0.25, 0.3) is 16.9 Å². The molecule has 0 unspecified atom stereocenters. The van der Waals surface area contributed by atoms with Gasteiger partial charge in [-0.15, -0.1) is 0 Å². The molecule has 2 heterocycles. The Bertz CT molecular complexity index is 1000. The van der Waals surface area contributed by atoms with Gasteiger partial charge < -0.3 is 10.6 Å². The molecule has 2 N–H and O–H groups in total. The second-order valence-electron chi connectivity index (χ2n) is 5.40. The number of urea groups is 1. The molecule has 0 aliphatic carbocycles. The number of imidazole rings is 1. The lowest BCUT2D eigenvalue weighted by Gasteiger charge is -2.10. The van der Waals surface area contributed by atoms with E-state index in [0.717, 1.165) is 0 Å². The van der Waals surface area contributed by atoms with E-state index in [0.29, 0.717) is 28.2 Å². The molecule has 0 spiro atoms. The van der Waals surface area contributed by atoms with E-state index in [2.05, 4.69) is 10.3 Å². The van der Waals surface area contributed by atoms with Crippen molar-refractivity contribution in [2.45, 2.75) is 6.18 Å². The number of carbonyl (C=O) groups excluding carboxylic acids is 1. The smallest absolute Gasteiger partial charge is 0.329 e. The minimum absolute atomic E-state index is 0.339. The maximum atomic E-state index is 12.1. The summed E-state index contributed by atoms with van der Waals surface area (Å²) < 4.78 is 38.2. The molecule has 0 fully saturated rings. The van der Waals surface area contributed by atoms with Crippen molar-refractivity contribution in [2.24, 2.45) is 0 Å². The molecule has 1 aromatic carbocycles. The van der Waals surface area contributed by atoms with Crippen LogP contribution in [-0.2, 0) is 0 Å². The maximum absolute atomic E-state index is 12.1. The molecular weight excluding hydrogens is 347 g/mol. The molecule has 0 radical (unpaired) electrons. The highest BCUT2D eigenvalue weighted by atomic mass is 19.4. The summed E-state index contributed by atoms with van der Waals surface area (Å²) in [6.45, 7) is -1.41. The highest BCUT2D eigenvalue weighted by molar-refractivity contribution is 5.90. The lowest BCUT2D eigenvalue weighted by atomic mass is 10.1. The molecule has 3 rings (SSSR count). The molecule has 2 amide bonds. The first-order chi connectivity index (χ1) is 12.4. The first-order valence-corrected chi connectivity index (χ1v) is 7.45. The molecule has 2 aromatic heterocycles. The first-order valence-electron chi connectivity index (χ1n) is 7.45. The SMILES string of the molecule is N#Cc1ccn2c(-c3cccc(NC(=O)NCC(F)(F)F)c3)cnc2c1. The molecular formula is C17H12F3N5O. The number of amides is 2. The number of hydrogen-bond donors (Lipinski definition) is 2. The van der Waals surface area contributed by atoms with Crippen molar-refractivity contribution in [3.05, 3.63) is 54.4 Å². The van der Waals surface area contributed by atoms with E-state index in [4.69, 9.17) is 5.26 Å². The van der Waals surface area contributed by atoms with Crippen LogP contribution < -0.4 is 10.6 Å². The molecule has 0 saturated heterocycles. The van der Waals surface area contributed by atoms with Gasteiger partial charge in [0.1, 0.15) is 12.2 Å². The topological polar surface area (TPSA) is 82.2 Å². The molecule has 6 nitrogen and oxygen atoms in total. The molecule has 0 aliphatic rings. The number of nitrogens with zero attached hydrogens (tertiary/aromatic N) is 3. The first kappa shape index (κ1) is 17.3. The number of nitrogens with one attached hydrogen (secondary N) is 2. The number of anilines is 1. The van der Waals surface area contributed by atoms with E-state index in [1.165, 1.54) is 0 Å². The van der Waals surface area contributed by atoms with Crippen molar-refractivity contribution in [1.82, 2.24) is 14.7 Å². The third-order valence-corrected chi connectivity index (χ3v) is 3.51. The number of benzene rings is 1. The van der Waals surface area contributed by atoms with Gasteiger partial charge in [0.25, 0.3) is 0 Å². The van der Waals surface area contributed by atoms with Crippen molar-refractivity contribution in [3.63, 3.8) is 0 Å². The average molecular weight is 359 g/mol. The zero-order valence-electron chi connectivity index (χ0n) is 13.2. The summed E-state index contributed by atoms with van der Waals surface area (Å²) in [5, 5.41) is 13.0. The van der Waals surface area contributed by atoms with Crippen molar-refractivity contribution in [3.8, 4) is 17.3 Å². The predicted molar refractivity (Wildman–Crippen MR) is 88.4 cm³/mol. The zero-order chi connectivity index (χ0) is 18.7. The number of pyridine rings is 1. The second kappa shape index (κ2) is 6.76. The highest BCUT2D eigenvalue weighted by Gasteiger charge is 2.27. The lowest BCUT2D eigenvalue weighted by molar-refractivity contribution is -0.122. The Hall–Kier alpha value is -3.54. The Labute approximate surface area is 145 Å². The number of halogens is 3. The van der Waals surface area contributed by atoms with E-state index in [1.807, 2.05) is 6.07 Å². The summed E-state index contributed by atoms with van der Waals surface area (Å²) in [4.78, 5) is 15.8. The van der Waals surface area contributed by atoms with E-state index < -0.39 is 18.8 Å². The highest BCUT2D eigenvalue weighted by Crippen LogP contribution is 2.24. The number of nitriles is 1. The van der Waals surface area contributed by atoms with E-state index in [-0.39, 0.29) is 0 Å². The molecule has 0 atom stereocenters. The fraction of sp³-hybridized carbons (Fsp3) is 0.118. The monoisotopic (exact) mass is 359 g/mol. The van der Waals surface area contributed by atoms with Crippen LogP contribution in [0, 0.1) is 11.3 Å². The Morgan fingerprint density at radius 2 is 2.08 bits per heavy atom. The van der Waals surface area contributed by atoms with Gasteiger partial charge in [-0.1, -0.05) is 12.1 Å². The summed E-state index contributed by atoms with van der Waals surface area (Å²) in [5.41, 5.74) is 2.82. The molecule has 9 heteroatoms. The average Bonchev–Trinajstić information content (AvgIpc) is 3.02. The summed E-state index contributed by atoms with van der Waals surface area (Å²) >= 11 is 0. The molecule has 3 aromatic rings. The standard InChI is InChI=1S/C17H12F3N5O/c18-17(19,20)10-23-16(26)24-13-3-1-2-12(7-13)14-9-22-15-6-11(8-21)4-5-25(14)15/h1-7,9H,10H2,(H2,23,24,26). The van der Waals surface area contributed by atoms with Crippen LogP contribution in [0.3, 0.4) is 0 Å². The van der Waals surface area contributed by atoms with Gasteiger partial charge in [-0.2, -0.15) is 18.4 Å². The van der Waals surface area contributed by atoms with Crippen molar-refractivity contribution < 1.29 is 18.0 Å². The Morgan fingerprint density at radius 1 is 1.27 bits per heavy atom. The van der Waals surface area contributed by atoms with Crippen LogP contribution in [0.1, 0.15) is 5.56 Å². The van der Waals surface area contributed by atoms with Gasteiger partial charge >= 0.3 is 12.2 Å². The number of aromatic nitrogens is 2. The van der Waals surface area contributed by atoms with Crippen LogP contribution >= 0.6 is 0 Å². The third kappa shape index (κ3) is 3.92. The van der Waals surface area contributed by atoms with Gasteiger partial charge in [-0.3, -0.25) is 4.40 Å². The van der Waals surface area contributed by atoms with Gasteiger partial charge in [0.2, 0.25) is 0 Å². The Kier molecular flexibility index (Phi) is 4.49. The number of carbonyl (C=O) groups is 1. The van der Waals surface area contributed by atoms with Gasteiger partial charge in [0.05, 0.1) is 23.5 Å². The Morgan fingerprint density at radius 3 is 2.81 bits per heavy atom. The molecule has 0 aliphatic heterocycles. The summed E-state index contributed by atoms with van der Waals surface area (Å²) in [6.07, 6.45) is -1.16. The van der Waals surface area contributed by atoms with Gasteiger partial charge in [-0.25, -0.2) is 9.78 Å². The van der Waals surface area contributed by atoms with Crippen LogP contribution in [0.5, 0.6) is 0 Å². The fourth-order valence-corrected chi connectivity index (χ4v) is 2.38. The molecule has 0 saturated carbocycles. The minimum atomic E-state index is -4.47. The quantitative estimate of drug-likeness (QED) is 0.750. The van der Waals surface area contributed by atoms with Crippen LogP contribution in [-0.4, -0.2) is 28.1 Å². The fourth-order valence-electron chi connectivity index (χ4n) is 2.38. The maximum Gasteiger partial charge on any atom is 0.405 e. The zero-order valence-corrected chi connectivity index (χ0v) is 13.2. The molecule has 26 heavy (non-hydrogen) atoms.